The SMILES string of the molecule is O=C(Cc1csc(-c2ccccc2Cl)n1)Nc1ccc(Cn2cncn2)cc1. The highest BCUT2D eigenvalue weighted by Gasteiger charge is 2.11. The van der Waals surface area contributed by atoms with Crippen molar-refractivity contribution in [2.24, 2.45) is 0 Å². The quantitative estimate of drug-likeness (QED) is 0.515. The smallest absolute Gasteiger partial charge is 0.230 e. The number of halogens is 1. The molecule has 4 aromatic rings. The summed E-state index contributed by atoms with van der Waals surface area (Å²) in [4.78, 5) is 20.8. The molecule has 0 radical (unpaired) electrons. The first kappa shape index (κ1) is 18.3. The van der Waals surface area contributed by atoms with Crippen LogP contribution in [-0.2, 0) is 17.8 Å². The fourth-order valence-corrected chi connectivity index (χ4v) is 3.85. The van der Waals surface area contributed by atoms with E-state index in [4.69, 9.17) is 11.6 Å². The maximum atomic E-state index is 12.3. The minimum atomic E-state index is -0.111. The van der Waals surface area contributed by atoms with E-state index in [1.165, 1.54) is 17.7 Å². The Kier molecular flexibility index (Phi) is 5.45. The van der Waals surface area contributed by atoms with Gasteiger partial charge in [0, 0.05) is 16.6 Å². The predicted octanol–water partition coefficient (Wildman–Crippen LogP) is 4.28. The molecule has 0 bridgehead atoms. The summed E-state index contributed by atoms with van der Waals surface area (Å²) < 4.78 is 1.74. The molecule has 4 rings (SSSR count). The summed E-state index contributed by atoms with van der Waals surface area (Å²) >= 11 is 7.70. The third kappa shape index (κ3) is 4.44. The van der Waals surface area contributed by atoms with Crippen LogP contribution in [0.15, 0.2) is 66.6 Å². The lowest BCUT2D eigenvalue weighted by molar-refractivity contribution is -0.115. The van der Waals surface area contributed by atoms with E-state index in [0.29, 0.717) is 11.6 Å². The third-order valence-corrected chi connectivity index (χ3v) is 5.30. The van der Waals surface area contributed by atoms with Crippen molar-refractivity contribution in [1.29, 1.82) is 0 Å². The Morgan fingerprint density at radius 1 is 1.14 bits per heavy atom. The lowest BCUT2D eigenvalue weighted by Gasteiger charge is -2.06. The van der Waals surface area contributed by atoms with Gasteiger partial charge < -0.3 is 5.32 Å². The van der Waals surface area contributed by atoms with Gasteiger partial charge in [0.25, 0.3) is 0 Å². The standard InChI is InChI=1S/C20H16ClN5OS/c21-18-4-2-1-3-17(18)20-25-16(11-28-20)9-19(27)24-15-7-5-14(6-8-15)10-26-13-22-12-23-26/h1-8,11-13H,9-10H2,(H,24,27). The van der Waals surface area contributed by atoms with Crippen molar-refractivity contribution < 1.29 is 4.79 Å². The number of carbonyl (C=O) groups excluding carboxylic acids is 1. The van der Waals surface area contributed by atoms with E-state index in [1.54, 1.807) is 11.0 Å². The van der Waals surface area contributed by atoms with Crippen LogP contribution < -0.4 is 5.32 Å². The lowest BCUT2D eigenvalue weighted by atomic mass is 10.2. The molecule has 0 fully saturated rings. The van der Waals surface area contributed by atoms with Crippen LogP contribution in [0.5, 0.6) is 0 Å². The third-order valence-electron chi connectivity index (χ3n) is 4.05. The summed E-state index contributed by atoms with van der Waals surface area (Å²) in [6.45, 7) is 0.637. The second kappa shape index (κ2) is 8.33. The second-order valence-corrected chi connectivity index (χ2v) is 7.40. The van der Waals surface area contributed by atoms with Gasteiger partial charge in [-0.3, -0.25) is 4.79 Å². The van der Waals surface area contributed by atoms with Gasteiger partial charge >= 0.3 is 0 Å². The summed E-state index contributed by atoms with van der Waals surface area (Å²) in [5.41, 5.74) is 3.42. The van der Waals surface area contributed by atoms with Crippen LogP contribution in [0.1, 0.15) is 11.3 Å². The molecular formula is C20H16ClN5OS. The van der Waals surface area contributed by atoms with Crippen molar-refractivity contribution in [3.05, 3.63) is 82.8 Å². The minimum absolute atomic E-state index is 0.111. The van der Waals surface area contributed by atoms with E-state index in [1.807, 2.05) is 53.9 Å². The molecule has 8 heteroatoms. The van der Waals surface area contributed by atoms with Crippen LogP contribution in [0.25, 0.3) is 10.6 Å². The number of carbonyl (C=O) groups is 1. The maximum Gasteiger partial charge on any atom is 0.230 e. The molecule has 1 N–H and O–H groups in total. The fourth-order valence-electron chi connectivity index (χ4n) is 2.71. The van der Waals surface area contributed by atoms with E-state index in [2.05, 4.69) is 20.4 Å². The maximum absolute atomic E-state index is 12.3. The number of anilines is 1. The summed E-state index contributed by atoms with van der Waals surface area (Å²) in [6, 6.07) is 15.2. The van der Waals surface area contributed by atoms with E-state index in [-0.39, 0.29) is 12.3 Å². The number of rotatable bonds is 6. The monoisotopic (exact) mass is 409 g/mol. The number of benzene rings is 2. The number of hydrogen-bond donors (Lipinski definition) is 1. The molecule has 2 aromatic heterocycles. The van der Waals surface area contributed by atoms with Gasteiger partial charge in [-0.2, -0.15) is 5.10 Å². The van der Waals surface area contributed by atoms with E-state index >= 15 is 0 Å². The first-order chi connectivity index (χ1) is 13.7. The Balaban J connectivity index is 1.36. The topological polar surface area (TPSA) is 72.7 Å². The highest BCUT2D eigenvalue weighted by atomic mass is 35.5. The van der Waals surface area contributed by atoms with Gasteiger partial charge in [0.15, 0.2) is 0 Å². The molecule has 1 amide bonds. The number of hydrogen-bond acceptors (Lipinski definition) is 5. The Labute approximate surface area is 170 Å². The summed E-state index contributed by atoms with van der Waals surface area (Å²) in [7, 11) is 0. The van der Waals surface area contributed by atoms with Crippen molar-refractivity contribution in [2.45, 2.75) is 13.0 Å². The number of thiazole rings is 1. The van der Waals surface area contributed by atoms with E-state index in [0.717, 1.165) is 27.5 Å². The summed E-state index contributed by atoms with van der Waals surface area (Å²) in [5.74, 6) is -0.111. The average Bonchev–Trinajstić information content (AvgIpc) is 3.36. The molecule has 0 aliphatic rings. The molecule has 2 aromatic carbocycles. The fraction of sp³-hybridized carbons (Fsp3) is 0.100. The number of aromatic nitrogens is 4. The van der Waals surface area contributed by atoms with Gasteiger partial charge in [0.05, 0.1) is 23.7 Å². The Morgan fingerprint density at radius 2 is 1.96 bits per heavy atom. The molecule has 2 heterocycles. The van der Waals surface area contributed by atoms with Crippen LogP contribution in [0.4, 0.5) is 5.69 Å². The number of nitrogens with zero attached hydrogens (tertiary/aromatic N) is 4. The normalized spacial score (nSPS) is 10.8. The molecule has 0 unspecified atom stereocenters. The average molecular weight is 410 g/mol. The van der Waals surface area contributed by atoms with E-state index in [9.17, 15) is 4.79 Å². The van der Waals surface area contributed by atoms with Gasteiger partial charge in [0.1, 0.15) is 17.7 Å². The highest BCUT2D eigenvalue weighted by Crippen LogP contribution is 2.30. The van der Waals surface area contributed by atoms with Gasteiger partial charge in [-0.25, -0.2) is 14.6 Å². The van der Waals surface area contributed by atoms with Crippen molar-refractivity contribution in [2.75, 3.05) is 5.32 Å². The zero-order chi connectivity index (χ0) is 19.3. The largest absolute Gasteiger partial charge is 0.326 e. The molecule has 0 aliphatic heterocycles. The summed E-state index contributed by atoms with van der Waals surface area (Å²) in [6.07, 6.45) is 3.38. The first-order valence-electron chi connectivity index (χ1n) is 8.58. The molecule has 28 heavy (non-hydrogen) atoms. The van der Waals surface area contributed by atoms with Crippen molar-refractivity contribution in [3.8, 4) is 10.6 Å². The molecule has 0 saturated carbocycles. The van der Waals surface area contributed by atoms with Crippen LogP contribution in [0.3, 0.4) is 0 Å². The first-order valence-corrected chi connectivity index (χ1v) is 9.83. The molecule has 0 saturated heterocycles. The Morgan fingerprint density at radius 3 is 2.71 bits per heavy atom. The molecule has 0 aliphatic carbocycles. The summed E-state index contributed by atoms with van der Waals surface area (Å²) in [5, 5.41) is 10.3. The predicted molar refractivity (Wildman–Crippen MR) is 110 cm³/mol. The Bertz CT molecular complexity index is 1080. The van der Waals surface area contributed by atoms with Crippen LogP contribution in [0, 0.1) is 0 Å². The number of nitrogens with one attached hydrogen (secondary N) is 1. The molecule has 6 nitrogen and oxygen atoms in total. The van der Waals surface area contributed by atoms with Gasteiger partial charge in [0.2, 0.25) is 5.91 Å². The second-order valence-electron chi connectivity index (χ2n) is 6.14. The zero-order valence-electron chi connectivity index (χ0n) is 14.7. The van der Waals surface area contributed by atoms with Gasteiger partial charge in [-0.05, 0) is 23.8 Å². The van der Waals surface area contributed by atoms with E-state index < -0.39 is 0 Å². The van der Waals surface area contributed by atoms with Crippen LogP contribution in [0.2, 0.25) is 5.02 Å². The molecule has 0 atom stereocenters. The molecule has 140 valence electrons. The highest BCUT2D eigenvalue weighted by molar-refractivity contribution is 7.13. The van der Waals surface area contributed by atoms with Crippen LogP contribution in [-0.4, -0.2) is 25.7 Å². The van der Waals surface area contributed by atoms with Crippen LogP contribution >= 0.6 is 22.9 Å². The molecular weight excluding hydrogens is 394 g/mol. The number of amides is 1. The minimum Gasteiger partial charge on any atom is -0.326 e. The molecule has 0 spiro atoms. The van der Waals surface area contributed by atoms with Crippen molar-refractivity contribution in [1.82, 2.24) is 19.7 Å². The van der Waals surface area contributed by atoms with Crippen molar-refractivity contribution in [3.63, 3.8) is 0 Å². The van der Waals surface area contributed by atoms with Crippen molar-refractivity contribution >= 4 is 34.5 Å². The zero-order valence-corrected chi connectivity index (χ0v) is 16.3. The lowest BCUT2D eigenvalue weighted by Crippen LogP contribution is -2.14. The van der Waals surface area contributed by atoms with Gasteiger partial charge in [-0.15, -0.1) is 11.3 Å². The van der Waals surface area contributed by atoms with Gasteiger partial charge in [-0.1, -0.05) is 41.9 Å². The Hall–Kier alpha value is -3.03.